The average Bonchev–Trinajstić information content (AvgIpc) is 3.42. The summed E-state index contributed by atoms with van der Waals surface area (Å²) >= 11 is -0.517. The average molecular weight is 951 g/mol. The van der Waals surface area contributed by atoms with E-state index in [1.54, 1.807) is 3.40 Å². The summed E-state index contributed by atoms with van der Waals surface area (Å²) in [5.41, 5.74) is 7.00. The number of benzene rings is 3. The zero-order valence-electron chi connectivity index (χ0n) is 31.5. The Morgan fingerprint density at radius 3 is 2.06 bits per heavy atom. The molecule has 0 aliphatic heterocycles. The molecule has 0 atom stereocenters. The number of rotatable bonds is 9. The number of hydrogen-bond donors (Lipinski definition) is 1. The Labute approximate surface area is 319 Å². The summed E-state index contributed by atoms with van der Waals surface area (Å²) in [6, 6.07) is 21.7. The first-order valence-corrected chi connectivity index (χ1v) is 20.2. The van der Waals surface area contributed by atoms with Gasteiger partial charge >= 0.3 is 208 Å². The molecule has 0 spiro atoms. The van der Waals surface area contributed by atoms with Crippen LogP contribution >= 0.6 is 0 Å². The second kappa shape index (κ2) is 17.3. The van der Waals surface area contributed by atoms with Crippen molar-refractivity contribution in [1.29, 1.82) is 0 Å². The Kier molecular flexibility index (Phi) is 14.5. The van der Waals surface area contributed by atoms with E-state index in [0.29, 0.717) is 5.41 Å². The SMILES string of the molecule is CCC(CC)C(=O)/C=C(\O)C(CC)CC.Cc1c(CC(C)(C)C)ccc2c1[te]c1c(-c3[c-]c4ccccc4c(C(C)(C)C)c3)nccc12.[Ir]. The van der Waals surface area contributed by atoms with Crippen molar-refractivity contribution in [2.45, 2.75) is 114 Å². The van der Waals surface area contributed by atoms with Crippen molar-refractivity contribution >= 4 is 54.6 Å². The number of hydrogen-bond acceptors (Lipinski definition) is 3. The molecular weight excluding hydrogens is 894 g/mol. The molecule has 0 bridgehead atoms. The monoisotopic (exact) mass is 953 g/mol. The number of aromatic nitrogens is 1. The Balaban J connectivity index is 0.000000347. The predicted octanol–water partition coefficient (Wildman–Crippen LogP) is 12.1. The van der Waals surface area contributed by atoms with Gasteiger partial charge in [0.25, 0.3) is 0 Å². The van der Waals surface area contributed by atoms with Crippen LogP contribution in [0.1, 0.15) is 112 Å². The number of aryl methyl sites for hydroxylation is 1. The van der Waals surface area contributed by atoms with Crippen molar-refractivity contribution in [3.8, 4) is 11.3 Å². The van der Waals surface area contributed by atoms with Gasteiger partial charge in [-0.1, -0.05) is 27.7 Å². The van der Waals surface area contributed by atoms with Crippen LogP contribution in [0.5, 0.6) is 0 Å². The van der Waals surface area contributed by atoms with Gasteiger partial charge in [-0.15, -0.1) is 0 Å². The molecular formula is C44H56IrNO2Te-. The molecule has 265 valence electrons. The van der Waals surface area contributed by atoms with Gasteiger partial charge in [0, 0.05) is 38.0 Å². The maximum absolute atomic E-state index is 11.7. The first-order chi connectivity index (χ1) is 22.6. The van der Waals surface area contributed by atoms with Crippen LogP contribution < -0.4 is 0 Å². The van der Waals surface area contributed by atoms with Crippen LogP contribution in [-0.2, 0) is 36.7 Å². The zero-order chi connectivity index (χ0) is 35.4. The molecule has 49 heavy (non-hydrogen) atoms. The van der Waals surface area contributed by atoms with Crippen molar-refractivity contribution in [3.63, 3.8) is 0 Å². The van der Waals surface area contributed by atoms with Gasteiger partial charge in [0.1, 0.15) is 0 Å². The van der Waals surface area contributed by atoms with Gasteiger partial charge in [0.15, 0.2) is 5.78 Å². The number of allylic oxidation sites excluding steroid dienone is 2. The third kappa shape index (κ3) is 9.74. The first-order valence-electron chi connectivity index (χ1n) is 17.8. The number of carbonyl (C=O) groups excluding carboxylic acids is 1. The van der Waals surface area contributed by atoms with E-state index in [-0.39, 0.29) is 48.9 Å². The van der Waals surface area contributed by atoms with Crippen LogP contribution in [0.3, 0.4) is 0 Å². The van der Waals surface area contributed by atoms with Crippen LogP contribution in [0.4, 0.5) is 0 Å². The molecule has 2 heterocycles. The molecule has 5 aromatic rings. The molecule has 3 nitrogen and oxygen atoms in total. The molecule has 0 fully saturated rings. The van der Waals surface area contributed by atoms with Crippen molar-refractivity contribution in [3.05, 3.63) is 89.3 Å². The van der Waals surface area contributed by atoms with E-state index >= 15 is 0 Å². The van der Waals surface area contributed by atoms with Crippen LogP contribution in [0.2, 0.25) is 0 Å². The molecule has 0 aliphatic rings. The molecule has 0 amide bonds. The second-order valence-electron chi connectivity index (χ2n) is 15.5. The quantitative estimate of drug-likeness (QED) is 0.0693. The molecule has 1 N–H and O–H groups in total. The van der Waals surface area contributed by atoms with E-state index in [1.807, 2.05) is 33.9 Å². The van der Waals surface area contributed by atoms with E-state index in [0.717, 1.165) is 43.4 Å². The number of ketones is 1. The topological polar surface area (TPSA) is 50.2 Å². The van der Waals surface area contributed by atoms with Crippen molar-refractivity contribution in [2.75, 3.05) is 0 Å². The number of aliphatic hydroxyl groups excluding tert-OH is 1. The van der Waals surface area contributed by atoms with E-state index in [2.05, 4.69) is 103 Å². The molecule has 2 aromatic heterocycles. The summed E-state index contributed by atoms with van der Waals surface area (Å²) in [5.74, 6) is 0.547. The maximum Gasteiger partial charge on any atom is 0 e. The number of fused-ring (bicyclic) bond motifs is 4. The fourth-order valence-corrected chi connectivity index (χ4v) is 10.4. The Bertz CT molecular complexity index is 1910. The number of aliphatic hydroxyl groups is 1. The predicted molar refractivity (Wildman–Crippen MR) is 208 cm³/mol. The van der Waals surface area contributed by atoms with Crippen LogP contribution in [0.15, 0.2) is 66.6 Å². The minimum absolute atomic E-state index is 0. The van der Waals surface area contributed by atoms with E-state index in [1.165, 1.54) is 47.7 Å². The van der Waals surface area contributed by atoms with Crippen molar-refractivity contribution in [1.82, 2.24) is 4.98 Å². The minimum atomic E-state index is -0.517. The third-order valence-electron chi connectivity index (χ3n) is 9.56. The van der Waals surface area contributed by atoms with Crippen molar-refractivity contribution in [2.24, 2.45) is 17.3 Å². The molecule has 0 unspecified atom stereocenters. The smallest absolute Gasteiger partial charge is 0 e. The molecule has 0 saturated heterocycles. The molecule has 3 aromatic carbocycles. The summed E-state index contributed by atoms with van der Waals surface area (Å²) < 4.78 is 3.07. The van der Waals surface area contributed by atoms with Gasteiger partial charge < -0.3 is 5.11 Å². The molecule has 5 rings (SSSR count). The van der Waals surface area contributed by atoms with E-state index in [9.17, 15) is 9.90 Å². The van der Waals surface area contributed by atoms with Crippen LogP contribution in [0, 0.1) is 30.2 Å². The van der Waals surface area contributed by atoms with E-state index in [4.69, 9.17) is 4.98 Å². The Morgan fingerprint density at radius 1 is 0.857 bits per heavy atom. The van der Waals surface area contributed by atoms with Gasteiger partial charge in [-0.3, -0.25) is 4.79 Å². The summed E-state index contributed by atoms with van der Waals surface area (Å²) in [4.78, 5) is 16.7. The van der Waals surface area contributed by atoms with Crippen molar-refractivity contribution < 1.29 is 30.0 Å². The normalized spacial score (nSPS) is 12.5. The summed E-state index contributed by atoms with van der Waals surface area (Å²) in [7, 11) is 0. The molecule has 5 heteroatoms. The molecule has 0 saturated carbocycles. The maximum atomic E-state index is 11.7. The molecule has 0 aliphatic carbocycles. The number of carbonyl (C=O) groups is 1. The fraction of sp³-hybridized carbons (Fsp3) is 0.455. The molecule has 1 radical (unpaired) electrons. The van der Waals surface area contributed by atoms with Crippen LogP contribution in [-0.4, -0.2) is 36.3 Å². The third-order valence-corrected chi connectivity index (χ3v) is 13.4. The van der Waals surface area contributed by atoms with Gasteiger partial charge in [0.05, 0.1) is 5.76 Å². The summed E-state index contributed by atoms with van der Waals surface area (Å²) in [6.07, 6.45) is 8.02. The summed E-state index contributed by atoms with van der Waals surface area (Å²) in [5, 5.41) is 15.1. The van der Waals surface area contributed by atoms with Gasteiger partial charge in [-0.05, 0) is 25.7 Å². The first kappa shape index (κ1) is 41.1. The second-order valence-corrected chi connectivity index (χ2v) is 18.4. The fourth-order valence-electron chi connectivity index (χ4n) is 6.65. The number of pyridine rings is 1. The standard InChI is InChI=1S/C31H32NTe.C13H24O2.Ir/c1-19-21(18-30(2,3)4)12-13-24-25-14-15-32-27(29(25)33-28(19)24)22-16-20-10-8-9-11-23(20)26(17-22)31(5,6)7;1-5-10(6-2)12(14)9-13(15)11(7-3)8-4;/h8-15,17H,18H2,1-7H3;9-11,14H,5-8H2,1-4H3;/q-1;;/b;12-9-;. The van der Waals surface area contributed by atoms with Gasteiger partial charge in [-0.2, -0.15) is 0 Å². The largest absolute Gasteiger partial charge is 0 e. The van der Waals surface area contributed by atoms with Crippen LogP contribution in [0.25, 0.3) is 39.6 Å². The number of nitrogens with zero attached hydrogens (tertiary/aromatic N) is 1. The summed E-state index contributed by atoms with van der Waals surface area (Å²) in [6.45, 7) is 24.3. The Hall–Kier alpha value is -2.28. The zero-order valence-corrected chi connectivity index (χ0v) is 36.2. The Morgan fingerprint density at radius 2 is 1.47 bits per heavy atom. The van der Waals surface area contributed by atoms with Gasteiger partial charge in [0.2, 0.25) is 0 Å². The van der Waals surface area contributed by atoms with Gasteiger partial charge in [-0.25, -0.2) is 0 Å². The minimum Gasteiger partial charge on any atom is 0 e. The van der Waals surface area contributed by atoms with E-state index < -0.39 is 20.4 Å².